The van der Waals surface area contributed by atoms with E-state index in [0.717, 1.165) is 11.0 Å². The molecule has 0 saturated carbocycles. The smallest absolute Gasteiger partial charge is 0.0890 e. The van der Waals surface area contributed by atoms with E-state index in [9.17, 15) is 0 Å². The SMILES string of the molecule is N[C@H](CO)c1ccc2ncccc2n1. The fourth-order valence-corrected chi connectivity index (χ4v) is 1.27. The maximum absolute atomic E-state index is 8.88. The number of fused-ring (bicyclic) bond motifs is 1. The van der Waals surface area contributed by atoms with Crippen LogP contribution in [0.4, 0.5) is 0 Å². The van der Waals surface area contributed by atoms with E-state index in [4.69, 9.17) is 10.8 Å². The van der Waals surface area contributed by atoms with Crippen LogP contribution < -0.4 is 5.73 Å². The molecule has 2 heterocycles. The summed E-state index contributed by atoms with van der Waals surface area (Å²) in [4.78, 5) is 8.44. The average molecular weight is 189 g/mol. The summed E-state index contributed by atoms with van der Waals surface area (Å²) in [5, 5.41) is 8.88. The third kappa shape index (κ3) is 1.57. The fraction of sp³-hybridized carbons (Fsp3) is 0.200. The Morgan fingerprint density at radius 3 is 2.93 bits per heavy atom. The second-order valence-corrected chi connectivity index (χ2v) is 3.07. The van der Waals surface area contributed by atoms with Crippen LogP contribution >= 0.6 is 0 Å². The number of aromatic nitrogens is 2. The molecule has 4 nitrogen and oxygen atoms in total. The molecule has 0 aromatic carbocycles. The van der Waals surface area contributed by atoms with E-state index in [0.29, 0.717) is 5.69 Å². The molecule has 2 aromatic rings. The van der Waals surface area contributed by atoms with E-state index in [1.165, 1.54) is 0 Å². The van der Waals surface area contributed by atoms with E-state index < -0.39 is 6.04 Å². The van der Waals surface area contributed by atoms with Gasteiger partial charge >= 0.3 is 0 Å². The summed E-state index contributed by atoms with van der Waals surface area (Å²) in [6, 6.07) is 6.92. The molecular weight excluding hydrogens is 178 g/mol. The molecule has 0 amide bonds. The molecule has 3 N–H and O–H groups in total. The fourth-order valence-electron chi connectivity index (χ4n) is 1.27. The number of nitrogens with zero attached hydrogens (tertiary/aromatic N) is 2. The van der Waals surface area contributed by atoms with Crippen molar-refractivity contribution in [3.63, 3.8) is 0 Å². The van der Waals surface area contributed by atoms with Gasteiger partial charge in [-0.25, -0.2) is 4.98 Å². The normalized spacial score (nSPS) is 13.0. The molecule has 14 heavy (non-hydrogen) atoms. The molecule has 4 heteroatoms. The number of aliphatic hydroxyl groups is 1. The zero-order valence-corrected chi connectivity index (χ0v) is 7.59. The Bertz CT molecular complexity index is 444. The van der Waals surface area contributed by atoms with Crippen molar-refractivity contribution in [2.24, 2.45) is 5.73 Å². The summed E-state index contributed by atoms with van der Waals surface area (Å²) < 4.78 is 0. The van der Waals surface area contributed by atoms with E-state index >= 15 is 0 Å². The van der Waals surface area contributed by atoms with Crippen molar-refractivity contribution in [2.75, 3.05) is 6.61 Å². The molecule has 2 rings (SSSR count). The Morgan fingerprint density at radius 1 is 1.29 bits per heavy atom. The van der Waals surface area contributed by atoms with Crippen molar-refractivity contribution < 1.29 is 5.11 Å². The predicted molar refractivity (Wildman–Crippen MR) is 53.6 cm³/mol. The summed E-state index contributed by atoms with van der Waals surface area (Å²) in [7, 11) is 0. The lowest BCUT2D eigenvalue weighted by molar-refractivity contribution is 0.266. The first-order chi connectivity index (χ1) is 6.81. The summed E-state index contributed by atoms with van der Waals surface area (Å²) >= 11 is 0. The van der Waals surface area contributed by atoms with Gasteiger partial charge in [0.05, 0.1) is 29.4 Å². The van der Waals surface area contributed by atoms with Crippen LogP contribution in [0.2, 0.25) is 0 Å². The van der Waals surface area contributed by atoms with Crippen LogP contribution in [-0.4, -0.2) is 21.7 Å². The van der Waals surface area contributed by atoms with Crippen molar-refractivity contribution in [3.05, 3.63) is 36.2 Å². The van der Waals surface area contributed by atoms with Crippen LogP contribution in [0.1, 0.15) is 11.7 Å². The molecule has 0 fully saturated rings. The Labute approximate surface area is 81.4 Å². The minimum Gasteiger partial charge on any atom is -0.394 e. The number of pyridine rings is 2. The summed E-state index contributed by atoms with van der Waals surface area (Å²) in [5.41, 5.74) is 7.97. The van der Waals surface area contributed by atoms with Crippen molar-refractivity contribution in [1.29, 1.82) is 0 Å². The molecule has 0 radical (unpaired) electrons. The predicted octanol–water partition coefficient (Wildman–Crippen LogP) is 0.622. The first kappa shape index (κ1) is 9.05. The van der Waals surface area contributed by atoms with Gasteiger partial charge in [-0.2, -0.15) is 0 Å². The van der Waals surface area contributed by atoms with Gasteiger partial charge in [0, 0.05) is 6.20 Å². The van der Waals surface area contributed by atoms with Crippen LogP contribution in [-0.2, 0) is 0 Å². The van der Waals surface area contributed by atoms with Gasteiger partial charge < -0.3 is 10.8 Å². The van der Waals surface area contributed by atoms with Gasteiger partial charge in [0.25, 0.3) is 0 Å². The lowest BCUT2D eigenvalue weighted by Gasteiger charge is -2.07. The molecular formula is C10H11N3O. The molecule has 0 saturated heterocycles. The van der Waals surface area contributed by atoms with Crippen LogP contribution in [0.15, 0.2) is 30.5 Å². The monoisotopic (exact) mass is 189 g/mol. The summed E-state index contributed by atoms with van der Waals surface area (Å²) in [5.74, 6) is 0. The van der Waals surface area contributed by atoms with Gasteiger partial charge in [-0.05, 0) is 24.3 Å². The van der Waals surface area contributed by atoms with Crippen molar-refractivity contribution >= 4 is 11.0 Å². The minimum atomic E-state index is -0.417. The number of hydrogen-bond acceptors (Lipinski definition) is 4. The molecule has 0 aliphatic carbocycles. The molecule has 2 aromatic heterocycles. The molecule has 0 bridgehead atoms. The Hall–Kier alpha value is -1.52. The van der Waals surface area contributed by atoms with Gasteiger partial charge in [-0.15, -0.1) is 0 Å². The number of hydrogen-bond donors (Lipinski definition) is 2. The van der Waals surface area contributed by atoms with E-state index in [-0.39, 0.29) is 6.61 Å². The highest BCUT2D eigenvalue weighted by Crippen LogP contribution is 2.12. The number of nitrogens with two attached hydrogens (primary N) is 1. The minimum absolute atomic E-state index is 0.0984. The van der Waals surface area contributed by atoms with E-state index in [1.54, 1.807) is 12.3 Å². The zero-order valence-electron chi connectivity index (χ0n) is 7.59. The van der Waals surface area contributed by atoms with Crippen molar-refractivity contribution in [3.8, 4) is 0 Å². The highest BCUT2D eigenvalue weighted by Gasteiger charge is 2.06. The second kappa shape index (κ2) is 3.69. The molecule has 0 aliphatic rings. The van der Waals surface area contributed by atoms with Crippen molar-refractivity contribution in [2.45, 2.75) is 6.04 Å². The van der Waals surface area contributed by atoms with Crippen LogP contribution in [0.25, 0.3) is 11.0 Å². The molecule has 0 spiro atoms. The van der Waals surface area contributed by atoms with Gasteiger partial charge in [0.2, 0.25) is 0 Å². The van der Waals surface area contributed by atoms with E-state index in [2.05, 4.69) is 9.97 Å². The third-order valence-corrected chi connectivity index (χ3v) is 2.05. The quantitative estimate of drug-likeness (QED) is 0.726. The number of aliphatic hydroxyl groups excluding tert-OH is 1. The van der Waals surface area contributed by atoms with Gasteiger partial charge in [0.1, 0.15) is 0 Å². The first-order valence-electron chi connectivity index (χ1n) is 4.39. The average Bonchev–Trinajstić information content (AvgIpc) is 2.27. The maximum atomic E-state index is 8.88. The standard InChI is InChI=1S/C10H11N3O/c11-7(6-14)8-3-4-9-10(13-8)2-1-5-12-9/h1-5,7,14H,6,11H2/t7-/m1/s1. The molecule has 1 atom stereocenters. The topological polar surface area (TPSA) is 72.0 Å². The Balaban J connectivity index is 2.51. The Morgan fingerprint density at radius 2 is 2.14 bits per heavy atom. The van der Waals surface area contributed by atoms with Crippen LogP contribution in [0.3, 0.4) is 0 Å². The number of rotatable bonds is 2. The van der Waals surface area contributed by atoms with Gasteiger partial charge in [-0.3, -0.25) is 4.98 Å². The lowest BCUT2D eigenvalue weighted by Crippen LogP contribution is -2.15. The lowest BCUT2D eigenvalue weighted by atomic mass is 10.2. The summed E-state index contributed by atoms with van der Waals surface area (Å²) in [6.07, 6.45) is 1.72. The van der Waals surface area contributed by atoms with Gasteiger partial charge in [0.15, 0.2) is 0 Å². The highest BCUT2D eigenvalue weighted by atomic mass is 16.3. The summed E-state index contributed by atoms with van der Waals surface area (Å²) in [6.45, 7) is -0.0984. The van der Waals surface area contributed by atoms with Crippen LogP contribution in [0.5, 0.6) is 0 Å². The van der Waals surface area contributed by atoms with Crippen LogP contribution in [0, 0.1) is 0 Å². The molecule has 72 valence electrons. The zero-order chi connectivity index (χ0) is 9.97. The van der Waals surface area contributed by atoms with Crippen molar-refractivity contribution in [1.82, 2.24) is 9.97 Å². The molecule has 0 unspecified atom stereocenters. The largest absolute Gasteiger partial charge is 0.394 e. The Kier molecular flexibility index (Phi) is 2.39. The first-order valence-corrected chi connectivity index (χ1v) is 4.39. The maximum Gasteiger partial charge on any atom is 0.0890 e. The second-order valence-electron chi connectivity index (χ2n) is 3.07. The third-order valence-electron chi connectivity index (χ3n) is 2.05. The van der Waals surface area contributed by atoms with E-state index in [1.807, 2.05) is 18.2 Å². The molecule has 0 aliphatic heterocycles. The van der Waals surface area contributed by atoms with Gasteiger partial charge in [-0.1, -0.05) is 0 Å². The highest BCUT2D eigenvalue weighted by molar-refractivity contribution is 5.73.